The molecule has 0 saturated carbocycles. The maximum absolute atomic E-state index is 5.94. The monoisotopic (exact) mass is 222 g/mol. The second kappa shape index (κ2) is 4.47. The molecule has 0 spiro atoms. The van der Waals surface area contributed by atoms with Crippen molar-refractivity contribution in [1.29, 1.82) is 0 Å². The fourth-order valence-corrected chi connectivity index (χ4v) is 3.68. The van der Waals surface area contributed by atoms with Crippen molar-refractivity contribution in [1.82, 2.24) is 5.43 Å². The molecule has 16 heavy (non-hydrogen) atoms. The smallest absolute Gasteiger partial charge is 0.0627 e. The van der Waals surface area contributed by atoms with E-state index in [1.54, 1.807) is 0 Å². The van der Waals surface area contributed by atoms with Crippen molar-refractivity contribution >= 4 is 0 Å². The standard InChI is InChI=1S/C13H22N2O/c14-15-13(9-4-2-1-3-5-9)11-8-10-6-7-12(11)16-10/h4,10-13,15H,1-3,5-8,14H2. The Labute approximate surface area is 97.4 Å². The molecule has 2 aliphatic heterocycles. The number of allylic oxidation sites excluding steroid dienone is 1. The van der Waals surface area contributed by atoms with Crippen molar-refractivity contribution in [2.75, 3.05) is 0 Å². The van der Waals surface area contributed by atoms with Crippen LogP contribution in [0.2, 0.25) is 0 Å². The zero-order valence-corrected chi connectivity index (χ0v) is 9.82. The molecule has 4 unspecified atom stereocenters. The Bertz CT molecular complexity index is 290. The molecule has 0 aromatic heterocycles. The van der Waals surface area contributed by atoms with Crippen LogP contribution in [0.5, 0.6) is 0 Å². The molecule has 2 heterocycles. The highest BCUT2D eigenvalue weighted by Gasteiger charge is 2.44. The number of hydrogen-bond acceptors (Lipinski definition) is 3. The molecule has 0 amide bonds. The third kappa shape index (κ3) is 1.81. The van der Waals surface area contributed by atoms with Gasteiger partial charge in [0.2, 0.25) is 0 Å². The molecule has 90 valence electrons. The Kier molecular flexibility index (Phi) is 3.01. The van der Waals surface area contributed by atoms with Gasteiger partial charge in [0.1, 0.15) is 0 Å². The fraction of sp³-hybridized carbons (Fsp3) is 0.846. The Morgan fingerprint density at radius 1 is 1.38 bits per heavy atom. The average molecular weight is 222 g/mol. The summed E-state index contributed by atoms with van der Waals surface area (Å²) in [5.74, 6) is 6.39. The van der Waals surface area contributed by atoms with E-state index in [0.29, 0.717) is 24.2 Å². The highest BCUT2D eigenvalue weighted by atomic mass is 16.5. The van der Waals surface area contributed by atoms with Crippen LogP contribution in [-0.4, -0.2) is 18.2 Å². The van der Waals surface area contributed by atoms with E-state index in [9.17, 15) is 0 Å². The van der Waals surface area contributed by atoms with E-state index in [0.717, 1.165) is 0 Å². The quantitative estimate of drug-likeness (QED) is 0.435. The van der Waals surface area contributed by atoms with Crippen LogP contribution in [0, 0.1) is 5.92 Å². The molecule has 2 bridgehead atoms. The summed E-state index contributed by atoms with van der Waals surface area (Å²) in [6, 6.07) is 0.371. The molecule has 3 heteroatoms. The normalized spacial score (nSPS) is 39.8. The van der Waals surface area contributed by atoms with Crippen molar-refractivity contribution in [3.05, 3.63) is 11.6 Å². The first-order valence-electron chi connectivity index (χ1n) is 6.69. The Morgan fingerprint density at radius 2 is 2.31 bits per heavy atom. The number of nitrogens with one attached hydrogen (secondary N) is 1. The van der Waals surface area contributed by atoms with E-state index in [1.165, 1.54) is 50.5 Å². The molecule has 3 nitrogen and oxygen atoms in total. The van der Waals surface area contributed by atoms with Crippen LogP contribution in [0.1, 0.15) is 44.9 Å². The van der Waals surface area contributed by atoms with Gasteiger partial charge in [-0.1, -0.05) is 11.6 Å². The molecule has 2 fully saturated rings. The topological polar surface area (TPSA) is 47.3 Å². The lowest BCUT2D eigenvalue weighted by Crippen LogP contribution is -2.45. The maximum Gasteiger partial charge on any atom is 0.0627 e. The van der Waals surface area contributed by atoms with E-state index >= 15 is 0 Å². The minimum absolute atomic E-state index is 0.371. The average Bonchev–Trinajstić information content (AvgIpc) is 2.94. The molecule has 4 atom stereocenters. The molecule has 3 N–H and O–H groups in total. The second-order valence-electron chi connectivity index (χ2n) is 5.44. The van der Waals surface area contributed by atoms with Crippen LogP contribution in [-0.2, 0) is 4.74 Å². The van der Waals surface area contributed by atoms with Gasteiger partial charge in [-0.25, -0.2) is 0 Å². The minimum atomic E-state index is 0.371. The summed E-state index contributed by atoms with van der Waals surface area (Å²) in [6.07, 6.45) is 12.2. The van der Waals surface area contributed by atoms with E-state index in [-0.39, 0.29) is 0 Å². The summed E-state index contributed by atoms with van der Waals surface area (Å²) in [6.45, 7) is 0. The highest BCUT2D eigenvalue weighted by molar-refractivity contribution is 5.17. The van der Waals surface area contributed by atoms with Gasteiger partial charge in [-0.3, -0.25) is 11.3 Å². The van der Waals surface area contributed by atoms with Crippen molar-refractivity contribution in [3.63, 3.8) is 0 Å². The van der Waals surface area contributed by atoms with Gasteiger partial charge in [-0.2, -0.15) is 0 Å². The van der Waals surface area contributed by atoms with Crippen LogP contribution in [0.3, 0.4) is 0 Å². The highest BCUT2D eigenvalue weighted by Crippen LogP contribution is 2.42. The predicted octanol–water partition coefficient (Wildman–Crippen LogP) is 1.89. The predicted molar refractivity (Wildman–Crippen MR) is 63.7 cm³/mol. The van der Waals surface area contributed by atoms with Gasteiger partial charge >= 0.3 is 0 Å². The maximum atomic E-state index is 5.94. The lowest BCUT2D eigenvalue weighted by molar-refractivity contribution is 0.0878. The Balaban J connectivity index is 1.73. The molecule has 1 aliphatic carbocycles. The van der Waals surface area contributed by atoms with E-state index < -0.39 is 0 Å². The fourth-order valence-electron chi connectivity index (χ4n) is 3.68. The molecular weight excluding hydrogens is 200 g/mol. The summed E-state index contributed by atoms with van der Waals surface area (Å²) in [7, 11) is 0. The van der Waals surface area contributed by atoms with Gasteiger partial charge in [-0.15, -0.1) is 0 Å². The molecule has 0 radical (unpaired) electrons. The first kappa shape index (κ1) is 10.8. The summed E-state index contributed by atoms with van der Waals surface area (Å²) in [5.41, 5.74) is 4.59. The summed E-state index contributed by atoms with van der Waals surface area (Å²) in [4.78, 5) is 0. The first-order valence-corrected chi connectivity index (χ1v) is 6.69. The number of hydrogen-bond donors (Lipinski definition) is 2. The third-order valence-electron chi connectivity index (χ3n) is 4.49. The van der Waals surface area contributed by atoms with E-state index in [2.05, 4.69) is 11.5 Å². The number of hydrazine groups is 1. The summed E-state index contributed by atoms with van der Waals surface area (Å²) in [5, 5.41) is 0. The van der Waals surface area contributed by atoms with Crippen molar-refractivity contribution in [2.24, 2.45) is 11.8 Å². The van der Waals surface area contributed by atoms with Gasteiger partial charge in [-0.05, 0) is 44.9 Å². The molecule has 3 rings (SSSR count). The van der Waals surface area contributed by atoms with Crippen molar-refractivity contribution < 1.29 is 4.74 Å². The Hall–Kier alpha value is -0.380. The van der Waals surface area contributed by atoms with Crippen LogP contribution < -0.4 is 11.3 Å². The molecule has 0 aromatic rings. The van der Waals surface area contributed by atoms with E-state index in [1.807, 2.05) is 0 Å². The third-order valence-corrected chi connectivity index (χ3v) is 4.49. The van der Waals surface area contributed by atoms with Crippen LogP contribution >= 0.6 is 0 Å². The summed E-state index contributed by atoms with van der Waals surface area (Å²) < 4.78 is 5.94. The largest absolute Gasteiger partial charge is 0.375 e. The van der Waals surface area contributed by atoms with Gasteiger partial charge in [0.05, 0.1) is 12.2 Å². The first-order chi connectivity index (χ1) is 7.88. The van der Waals surface area contributed by atoms with Gasteiger partial charge in [0, 0.05) is 12.0 Å². The molecule has 3 aliphatic rings. The molecule has 0 aromatic carbocycles. The lowest BCUT2D eigenvalue weighted by atomic mass is 9.78. The van der Waals surface area contributed by atoms with Crippen LogP contribution in [0.4, 0.5) is 0 Å². The lowest BCUT2D eigenvalue weighted by Gasteiger charge is -2.31. The molecular formula is C13H22N2O. The summed E-state index contributed by atoms with van der Waals surface area (Å²) >= 11 is 0. The number of fused-ring (bicyclic) bond motifs is 2. The van der Waals surface area contributed by atoms with Crippen LogP contribution in [0.25, 0.3) is 0 Å². The number of rotatable bonds is 3. The Morgan fingerprint density at radius 3 is 2.88 bits per heavy atom. The van der Waals surface area contributed by atoms with E-state index in [4.69, 9.17) is 10.6 Å². The SMILES string of the molecule is NNC(C1=CCCCC1)C1CC2CCC1O2. The zero-order valence-electron chi connectivity index (χ0n) is 9.82. The van der Waals surface area contributed by atoms with Gasteiger partial charge in [0.15, 0.2) is 0 Å². The zero-order chi connectivity index (χ0) is 11.0. The molecule has 2 saturated heterocycles. The van der Waals surface area contributed by atoms with Gasteiger partial charge in [0.25, 0.3) is 0 Å². The minimum Gasteiger partial charge on any atom is -0.375 e. The van der Waals surface area contributed by atoms with Gasteiger partial charge < -0.3 is 4.74 Å². The number of ether oxygens (including phenoxy) is 1. The van der Waals surface area contributed by atoms with Crippen molar-refractivity contribution in [3.8, 4) is 0 Å². The van der Waals surface area contributed by atoms with Crippen LogP contribution in [0.15, 0.2) is 11.6 Å². The number of nitrogens with two attached hydrogens (primary N) is 1. The second-order valence-corrected chi connectivity index (χ2v) is 5.44. The van der Waals surface area contributed by atoms with Crippen molar-refractivity contribution in [2.45, 2.75) is 63.2 Å².